The molecular weight excluding hydrogens is 420 g/mol. The van der Waals surface area contributed by atoms with E-state index >= 15 is 0 Å². The Morgan fingerprint density at radius 2 is 1.93 bits per heavy atom. The van der Waals surface area contributed by atoms with Crippen LogP contribution in [0, 0.1) is 11.3 Å². The summed E-state index contributed by atoms with van der Waals surface area (Å²) in [4.78, 5) is 12.5. The lowest BCUT2D eigenvalue weighted by Gasteiger charge is -2.10. The van der Waals surface area contributed by atoms with Gasteiger partial charge in [-0.3, -0.25) is 4.79 Å². The normalized spacial score (nSPS) is 10.9. The van der Waals surface area contributed by atoms with Crippen molar-refractivity contribution in [3.05, 3.63) is 58.1 Å². The van der Waals surface area contributed by atoms with E-state index in [0.29, 0.717) is 30.2 Å². The zero-order valence-corrected chi connectivity index (χ0v) is 17.6. The van der Waals surface area contributed by atoms with Gasteiger partial charge >= 0.3 is 0 Å². The number of ether oxygens (including phenoxy) is 2. The predicted octanol–water partition coefficient (Wildman–Crippen LogP) is 5.57. The number of nitrogens with one attached hydrogen (secondary N) is 1. The van der Waals surface area contributed by atoms with Gasteiger partial charge in [-0.1, -0.05) is 29.3 Å². The van der Waals surface area contributed by atoms with Gasteiger partial charge in [-0.05, 0) is 61.9 Å². The van der Waals surface area contributed by atoms with Crippen LogP contribution in [0.1, 0.15) is 32.3 Å². The summed E-state index contributed by atoms with van der Waals surface area (Å²) in [6, 6.07) is 14.5. The Morgan fingerprint density at radius 3 is 2.57 bits per heavy atom. The van der Waals surface area contributed by atoms with Crippen LogP contribution in [0.2, 0.25) is 0 Å². The fraction of sp³-hybridized carbons (Fsp3) is 0.273. The smallest absolute Gasteiger partial charge is 0.266 e. The maximum absolute atomic E-state index is 12.5. The third-order valence-electron chi connectivity index (χ3n) is 3.82. The molecule has 1 amide bonds. The zero-order valence-electron chi connectivity index (χ0n) is 16.0. The van der Waals surface area contributed by atoms with E-state index in [2.05, 4.69) is 28.2 Å². The molecule has 0 spiro atoms. The molecule has 0 aromatic heterocycles. The first-order valence-electron chi connectivity index (χ1n) is 9.15. The van der Waals surface area contributed by atoms with Crippen LogP contribution in [-0.4, -0.2) is 19.1 Å². The molecular formula is C22H23BrN2O3. The van der Waals surface area contributed by atoms with E-state index in [0.717, 1.165) is 23.1 Å². The van der Waals surface area contributed by atoms with Crippen LogP contribution in [0.3, 0.4) is 0 Å². The number of halogens is 1. The van der Waals surface area contributed by atoms with Gasteiger partial charge in [-0.25, -0.2) is 0 Å². The number of anilines is 1. The molecule has 0 unspecified atom stereocenters. The van der Waals surface area contributed by atoms with Gasteiger partial charge in [0.25, 0.3) is 5.91 Å². The van der Waals surface area contributed by atoms with Crippen molar-refractivity contribution in [3.63, 3.8) is 0 Å². The number of carbonyl (C=O) groups excluding carboxylic acids is 1. The zero-order chi connectivity index (χ0) is 20.4. The number of hydrogen-bond acceptors (Lipinski definition) is 4. The van der Waals surface area contributed by atoms with Crippen LogP contribution in [0.15, 0.2) is 52.5 Å². The fourth-order valence-electron chi connectivity index (χ4n) is 2.39. The molecule has 0 heterocycles. The second-order valence-corrected chi connectivity index (χ2v) is 6.88. The number of unbranched alkanes of at least 4 members (excludes halogenated alkanes) is 1. The number of carbonyl (C=O) groups is 1. The minimum absolute atomic E-state index is 0.00711. The Labute approximate surface area is 174 Å². The van der Waals surface area contributed by atoms with Crippen LogP contribution in [-0.2, 0) is 4.79 Å². The SMILES string of the molecule is CCCCOc1ccc(Br)cc1C=C(C#N)C(=O)Nc1ccc(OCC)cc1. The van der Waals surface area contributed by atoms with E-state index < -0.39 is 5.91 Å². The molecule has 5 nitrogen and oxygen atoms in total. The van der Waals surface area contributed by atoms with Gasteiger partial charge < -0.3 is 14.8 Å². The lowest BCUT2D eigenvalue weighted by molar-refractivity contribution is -0.112. The molecule has 0 aliphatic carbocycles. The van der Waals surface area contributed by atoms with Crippen LogP contribution in [0.5, 0.6) is 11.5 Å². The molecule has 1 N–H and O–H groups in total. The number of nitrogens with zero attached hydrogens (tertiary/aromatic N) is 1. The molecule has 0 atom stereocenters. The summed E-state index contributed by atoms with van der Waals surface area (Å²) < 4.78 is 12.0. The molecule has 0 radical (unpaired) electrons. The Bertz CT molecular complexity index is 870. The standard InChI is InChI=1S/C22H23BrN2O3/c1-3-5-12-28-21-11-6-18(23)14-16(21)13-17(15-24)22(26)25-19-7-9-20(10-8-19)27-4-2/h6-11,13-14H,3-5,12H2,1-2H3,(H,25,26). The van der Waals surface area contributed by atoms with Crippen LogP contribution in [0.25, 0.3) is 6.08 Å². The van der Waals surface area contributed by atoms with Crippen molar-refractivity contribution in [2.45, 2.75) is 26.7 Å². The maximum Gasteiger partial charge on any atom is 0.266 e. The molecule has 0 aliphatic heterocycles. The highest BCUT2D eigenvalue weighted by Gasteiger charge is 2.12. The Morgan fingerprint density at radius 1 is 1.18 bits per heavy atom. The molecule has 2 aromatic carbocycles. The average Bonchev–Trinajstić information content (AvgIpc) is 2.69. The Balaban J connectivity index is 2.19. The summed E-state index contributed by atoms with van der Waals surface area (Å²) in [5.41, 5.74) is 1.25. The van der Waals surface area contributed by atoms with E-state index in [1.165, 1.54) is 6.08 Å². The van der Waals surface area contributed by atoms with Gasteiger partial charge in [-0.2, -0.15) is 5.26 Å². The Hall–Kier alpha value is -2.78. The first-order chi connectivity index (χ1) is 13.6. The second-order valence-electron chi connectivity index (χ2n) is 5.97. The third kappa shape index (κ3) is 6.43. The molecule has 6 heteroatoms. The topological polar surface area (TPSA) is 71.3 Å². The van der Waals surface area contributed by atoms with Crippen molar-refractivity contribution >= 4 is 33.6 Å². The minimum Gasteiger partial charge on any atom is -0.494 e. The monoisotopic (exact) mass is 442 g/mol. The summed E-state index contributed by atoms with van der Waals surface area (Å²) in [5, 5.41) is 12.2. The average molecular weight is 443 g/mol. The maximum atomic E-state index is 12.5. The van der Waals surface area contributed by atoms with Crippen molar-refractivity contribution in [3.8, 4) is 17.6 Å². The van der Waals surface area contributed by atoms with Gasteiger partial charge in [0.15, 0.2) is 0 Å². The van der Waals surface area contributed by atoms with E-state index in [1.54, 1.807) is 24.3 Å². The first kappa shape index (κ1) is 21.5. The van der Waals surface area contributed by atoms with Crippen LogP contribution in [0.4, 0.5) is 5.69 Å². The Kier molecular flexibility index (Phi) is 8.57. The molecule has 146 valence electrons. The molecule has 0 bridgehead atoms. The molecule has 2 rings (SSSR count). The van der Waals surface area contributed by atoms with E-state index in [9.17, 15) is 10.1 Å². The highest BCUT2D eigenvalue weighted by Crippen LogP contribution is 2.26. The number of hydrogen-bond donors (Lipinski definition) is 1. The van der Waals surface area contributed by atoms with Crippen molar-refractivity contribution in [2.75, 3.05) is 18.5 Å². The lowest BCUT2D eigenvalue weighted by Crippen LogP contribution is -2.13. The lowest BCUT2D eigenvalue weighted by atomic mass is 10.1. The number of benzene rings is 2. The van der Waals surface area contributed by atoms with Crippen molar-refractivity contribution < 1.29 is 14.3 Å². The quantitative estimate of drug-likeness (QED) is 0.312. The highest BCUT2D eigenvalue weighted by atomic mass is 79.9. The molecule has 0 aliphatic rings. The fourth-order valence-corrected chi connectivity index (χ4v) is 2.77. The number of nitriles is 1. The van der Waals surface area contributed by atoms with E-state index in [1.807, 2.05) is 31.2 Å². The van der Waals surface area contributed by atoms with Crippen molar-refractivity contribution in [1.82, 2.24) is 0 Å². The number of amides is 1. The summed E-state index contributed by atoms with van der Waals surface area (Å²) in [7, 11) is 0. The van der Waals surface area contributed by atoms with Gasteiger partial charge in [-0.15, -0.1) is 0 Å². The molecule has 28 heavy (non-hydrogen) atoms. The molecule has 0 saturated carbocycles. The van der Waals surface area contributed by atoms with Crippen LogP contribution < -0.4 is 14.8 Å². The first-order valence-corrected chi connectivity index (χ1v) is 9.95. The van der Waals surface area contributed by atoms with E-state index in [-0.39, 0.29) is 5.57 Å². The predicted molar refractivity (Wildman–Crippen MR) is 114 cm³/mol. The van der Waals surface area contributed by atoms with Gasteiger partial charge in [0.05, 0.1) is 13.2 Å². The minimum atomic E-state index is -0.480. The van der Waals surface area contributed by atoms with Crippen molar-refractivity contribution in [2.24, 2.45) is 0 Å². The van der Waals surface area contributed by atoms with Gasteiger partial charge in [0, 0.05) is 15.7 Å². The summed E-state index contributed by atoms with van der Waals surface area (Å²) in [6.07, 6.45) is 3.49. The third-order valence-corrected chi connectivity index (χ3v) is 4.31. The second kappa shape index (κ2) is 11.2. The summed E-state index contributed by atoms with van der Waals surface area (Å²) in [5.74, 6) is 0.879. The summed E-state index contributed by atoms with van der Waals surface area (Å²) in [6.45, 7) is 5.15. The largest absolute Gasteiger partial charge is 0.494 e. The number of rotatable bonds is 9. The summed E-state index contributed by atoms with van der Waals surface area (Å²) >= 11 is 3.42. The van der Waals surface area contributed by atoms with Crippen molar-refractivity contribution in [1.29, 1.82) is 5.26 Å². The van der Waals surface area contributed by atoms with Gasteiger partial charge in [0.2, 0.25) is 0 Å². The highest BCUT2D eigenvalue weighted by molar-refractivity contribution is 9.10. The molecule has 0 saturated heterocycles. The van der Waals surface area contributed by atoms with E-state index in [4.69, 9.17) is 9.47 Å². The molecule has 2 aromatic rings. The molecule has 0 fully saturated rings. The van der Waals surface area contributed by atoms with Crippen LogP contribution >= 0.6 is 15.9 Å². The van der Waals surface area contributed by atoms with Gasteiger partial charge in [0.1, 0.15) is 23.1 Å².